The van der Waals surface area contributed by atoms with Gasteiger partial charge in [0, 0.05) is 31.6 Å². The fraction of sp³-hybridized carbons (Fsp3) is 0.600. The van der Waals surface area contributed by atoms with Crippen molar-refractivity contribution >= 4 is 22.8 Å². The molecule has 41 heavy (non-hydrogen) atoms. The highest BCUT2D eigenvalue weighted by Gasteiger charge is 2.27. The number of nitrogens with zero attached hydrogens (tertiary/aromatic N) is 5. The normalized spacial score (nSPS) is 23.4. The minimum Gasteiger partial charge on any atom is -0.378 e. The standard InChI is InChI=1S/C30H39F2N7O2/c31-28(32)29-35-22-6-1-2-8-24(22)39(29)27-19-26(38-15-17-41-18-16-38)36-25(37-27)9-3-5-20-10-12-21(13-11-20)34-30(40)23-7-4-14-33-23/h1-2,6,8,19-21,23,28,33H,3-5,7,9-18H2,(H,34,40)/t20?,21?,23-/m0/s1. The van der Waals surface area contributed by atoms with Crippen LogP contribution in [-0.2, 0) is 16.0 Å². The molecule has 3 aliphatic rings. The first-order chi connectivity index (χ1) is 20.0. The summed E-state index contributed by atoms with van der Waals surface area (Å²) in [4.78, 5) is 28.5. The maximum Gasteiger partial charge on any atom is 0.296 e. The van der Waals surface area contributed by atoms with Gasteiger partial charge in [-0.25, -0.2) is 23.7 Å². The fourth-order valence-corrected chi connectivity index (χ4v) is 6.44. The number of benzene rings is 1. The van der Waals surface area contributed by atoms with Crippen LogP contribution in [0.25, 0.3) is 16.9 Å². The lowest BCUT2D eigenvalue weighted by molar-refractivity contribution is -0.123. The predicted octanol–water partition coefficient (Wildman–Crippen LogP) is 4.34. The molecular formula is C30H39F2N7O2. The molecule has 0 radical (unpaired) electrons. The number of carbonyl (C=O) groups is 1. The first kappa shape index (κ1) is 28.0. The number of amides is 1. The quantitative estimate of drug-likeness (QED) is 0.397. The highest BCUT2D eigenvalue weighted by molar-refractivity contribution is 5.82. The Bertz CT molecular complexity index is 1330. The van der Waals surface area contributed by atoms with Crippen molar-refractivity contribution in [1.82, 2.24) is 30.2 Å². The van der Waals surface area contributed by atoms with Gasteiger partial charge in [-0.05, 0) is 69.5 Å². The monoisotopic (exact) mass is 567 g/mol. The molecule has 220 valence electrons. The molecule has 0 bridgehead atoms. The number of rotatable bonds is 9. The van der Waals surface area contributed by atoms with E-state index in [1.165, 1.54) is 4.57 Å². The van der Waals surface area contributed by atoms with Gasteiger partial charge in [0.25, 0.3) is 6.43 Å². The van der Waals surface area contributed by atoms with Crippen LogP contribution < -0.4 is 15.5 Å². The average molecular weight is 568 g/mol. The first-order valence-corrected chi connectivity index (χ1v) is 15.1. The Balaban J connectivity index is 1.14. The topological polar surface area (TPSA) is 97.2 Å². The third-order valence-corrected chi connectivity index (χ3v) is 8.67. The van der Waals surface area contributed by atoms with Crippen LogP contribution in [0.3, 0.4) is 0 Å². The van der Waals surface area contributed by atoms with Crippen LogP contribution in [0, 0.1) is 5.92 Å². The molecular weight excluding hydrogens is 528 g/mol. The summed E-state index contributed by atoms with van der Waals surface area (Å²) >= 11 is 0. The Labute approximate surface area is 239 Å². The number of alkyl halides is 2. The van der Waals surface area contributed by atoms with Crippen molar-refractivity contribution in [3.05, 3.63) is 42.0 Å². The second-order valence-electron chi connectivity index (χ2n) is 11.5. The Morgan fingerprint density at radius 3 is 2.59 bits per heavy atom. The average Bonchev–Trinajstić information content (AvgIpc) is 3.68. The van der Waals surface area contributed by atoms with Crippen molar-refractivity contribution < 1.29 is 18.3 Å². The minimum absolute atomic E-state index is 0.0251. The van der Waals surface area contributed by atoms with Crippen LogP contribution in [0.2, 0.25) is 0 Å². The summed E-state index contributed by atoms with van der Waals surface area (Å²) in [5.41, 5.74) is 1.12. The van der Waals surface area contributed by atoms with Crippen LogP contribution >= 0.6 is 0 Å². The maximum atomic E-state index is 14.1. The van der Waals surface area contributed by atoms with Crippen molar-refractivity contribution in [2.45, 2.75) is 76.3 Å². The Kier molecular flexibility index (Phi) is 8.71. The van der Waals surface area contributed by atoms with Crippen LogP contribution in [0.4, 0.5) is 14.6 Å². The molecule has 3 fully saturated rings. The molecule has 6 rings (SSSR count). The summed E-state index contributed by atoms with van der Waals surface area (Å²) in [6, 6.07) is 9.21. The Hall–Kier alpha value is -3.18. The molecule has 2 saturated heterocycles. The molecule has 2 aromatic heterocycles. The van der Waals surface area contributed by atoms with Crippen LogP contribution in [0.1, 0.15) is 69.4 Å². The third-order valence-electron chi connectivity index (χ3n) is 8.67. The second-order valence-corrected chi connectivity index (χ2v) is 11.5. The van der Waals surface area contributed by atoms with Gasteiger partial charge in [-0.15, -0.1) is 0 Å². The molecule has 0 spiro atoms. The number of carbonyl (C=O) groups excluding carboxylic acids is 1. The largest absolute Gasteiger partial charge is 0.378 e. The van der Waals surface area contributed by atoms with E-state index in [4.69, 9.17) is 14.7 Å². The van der Waals surface area contributed by atoms with E-state index in [1.54, 1.807) is 24.3 Å². The van der Waals surface area contributed by atoms with Gasteiger partial charge in [-0.2, -0.15) is 0 Å². The molecule has 1 atom stereocenters. The molecule has 11 heteroatoms. The van der Waals surface area contributed by atoms with Crippen molar-refractivity contribution in [3.8, 4) is 5.82 Å². The van der Waals surface area contributed by atoms with E-state index in [0.29, 0.717) is 61.3 Å². The number of morpholine rings is 1. The van der Waals surface area contributed by atoms with Crippen molar-refractivity contribution in [3.63, 3.8) is 0 Å². The zero-order chi connectivity index (χ0) is 28.2. The lowest BCUT2D eigenvalue weighted by Gasteiger charge is -2.30. The summed E-state index contributed by atoms with van der Waals surface area (Å²) in [5, 5.41) is 6.53. The van der Waals surface area contributed by atoms with Crippen LogP contribution in [-0.4, -0.2) is 70.4 Å². The van der Waals surface area contributed by atoms with Gasteiger partial charge in [0.05, 0.1) is 30.3 Å². The number of halogens is 2. The van der Waals surface area contributed by atoms with E-state index in [9.17, 15) is 13.6 Å². The smallest absolute Gasteiger partial charge is 0.296 e. The number of fused-ring (bicyclic) bond motifs is 1. The van der Waals surface area contributed by atoms with Gasteiger partial charge in [-0.3, -0.25) is 9.36 Å². The zero-order valence-electron chi connectivity index (χ0n) is 23.4. The molecule has 1 aliphatic carbocycles. The molecule has 0 unspecified atom stereocenters. The van der Waals surface area contributed by atoms with Crippen molar-refractivity contribution in [2.24, 2.45) is 5.92 Å². The van der Waals surface area contributed by atoms with Crippen LogP contribution in [0.15, 0.2) is 30.3 Å². The van der Waals surface area contributed by atoms with Crippen LogP contribution in [0.5, 0.6) is 0 Å². The molecule has 3 aromatic rings. The summed E-state index contributed by atoms with van der Waals surface area (Å²) < 4.78 is 35.2. The van der Waals surface area contributed by atoms with Gasteiger partial charge < -0.3 is 20.3 Å². The molecule has 1 aromatic carbocycles. The zero-order valence-corrected chi connectivity index (χ0v) is 23.4. The number of hydrogen-bond acceptors (Lipinski definition) is 7. The number of anilines is 1. The fourth-order valence-electron chi connectivity index (χ4n) is 6.44. The number of hydrogen-bond donors (Lipinski definition) is 2. The molecule has 1 saturated carbocycles. The van der Waals surface area contributed by atoms with E-state index in [-0.39, 0.29) is 23.8 Å². The summed E-state index contributed by atoms with van der Waals surface area (Å²) in [7, 11) is 0. The van der Waals surface area contributed by atoms with E-state index in [1.807, 2.05) is 6.07 Å². The van der Waals surface area contributed by atoms with Gasteiger partial charge in [0.1, 0.15) is 17.5 Å². The summed E-state index contributed by atoms with van der Waals surface area (Å²) in [5.74, 6) is 2.27. The number of imidazole rings is 1. The van der Waals surface area contributed by atoms with Gasteiger partial charge in [-0.1, -0.05) is 18.6 Å². The lowest BCUT2D eigenvalue weighted by atomic mass is 9.83. The molecule has 1 amide bonds. The first-order valence-electron chi connectivity index (χ1n) is 15.1. The SMILES string of the molecule is O=C(NC1CCC(CCCc2nc(N3CCOCC3)cc(-n3c(C(F)F)nc4ccccc43)n2)CC1)[C@@H]1CCCN1. The predicted molar refractivity (Wildman–Crippen MR) is 153 cm³/mol. The summed E-state index contributed by atoms with van der Waals surface area (Å²) in [6.45, 7) is 3.52. The number of ether oxygens (including phenoxy) is 1. The lowest BCUT2D eigenvalue weighted by Crippen LogP contribution is -2.46. The molecule has 2 aliphatic heterocycles. The second kappa shape index (κ2) is 12.8. The van der Waals surface area contributed by atoms with E-state index < -0.39 is 6.43 Å². The Morgan fingerprint density at radius 2 is 1.83 bits per heavy atom. The van der Waals surface area contributed by atoms with Gasteiger partial charge >= 0.3 is 0 Å². The van der Waals surface area contributed by atoms with Gasteiger partial charge in [0.15, 0.2) is 5.82 Å². The minimum atomic E-state index is -2.73. The highest BCUT2D eigenvalue weighted by Crippen LogP contribution is 2.31. The number of nitrogens with one attached hydrogen (secondary N) is 2. The maximum absolute atomic E-state index is 14.1. The molecule has 9 nitrogen and oxygen atoms in total. The van der Waals surface area contributed by atoms with E-state index in [0.717, 1.165) is 63.7 Å². The van der Waals surface area contributed by atoms with E-state index in [2.05, 4.69) is 20.5 Å². The highest BCUT2D eigenvalue weighted by atomic mass is 19.3. The number of para-hydroxylation sites is 2. The van der Waals surface area contributed by atoms with Crippen molar-refractivity contribution in [1.29, 1.82) is 0 Å². The number of aryl methyl sites for hydroxylation is 1. The molecule has 4 heterocycles. The third kappa shape index (κ3) is 6.51. The summed E-state index contributed by atoms with van der Waals surface area (Å²) in [6.07, 6.45) is 6.14. The van der Waals surface area contributed by atoms with Gasteiger partial charge in [0.2, 0.25) is 5.91 Å². The molecule has 2 N–H and O–H groups in total. The van der Waals surface area contributed by atoms with E-state index >= 15 is 0 Å². The van der Waals surface area contributed by atoms with Crippen molar-refractivity contribution in [2.75, 3.05) is 37.7 Å². The number of aromatic nitrogens is 4. The Morgan fingerprint density at radius 1 is 1.05 bits per heavy atom.